The molecule has 0 saturated carbocycles. The van der Waals surface area contributed by atoms with Crippen LogP contribution < -0.4 is 10.1 Å². The van der Waals surface area contributed by atoms with Gasteiger partial charge in [-0.3, -0.25) is 9.59 Å². The second kappa shape index (κ2) is 10.7. The fourth-order valence-electron chi connectivity index (χ4n) is 5.76. The van der Waals surface area contributed by atoms with E-state index in [1.165, 1.54) is 24.4 Å². The van der Waals surface area contributed by atoms with Crippen molar-refractivity contribution in [2.45, 2.75) is 62.4 Å². The molecular weight excluding hydrogens is 519 g/mol. The number of nitrogens with zero attached hydrogens (tertiary/aromatic N) is 3. The Bertz CT molecular complexity index is 1220. The molecular formula is C26H28ClFN4O6. The van der Waals surface area contributed by atoms with Gasteiger partial charge in [0.25, 0.3) is 5.91 Å². The summed E-state index contributed by atoms with van der Waals surface area (Å²) in [4.78, 5) is 45.2. The summed E-state index contributed by atoms with van der Waals surface area (Å²) in [6.45, 7) is -0.241. The molecule has 2 bridgehead atoms. The van der Waals surface area contributed by atoms with Crippen molar-refractivity contribution in [2.24, 2.45) is 0 Å². The molecule has 10 nitrogen and oxygen atoms in total. The van der Waals surface area contributed by atoms with Crippen LogP contribution in [0.1, 0.15) is 42.5 Å². The number of amides is 2. The lowest BCUT2D eigenvalue weighted by Gasteiger charge is -2.39. The Kier molecular flexibility index (Phi) is 7.40. The molecule has 3 aliphatic heterocycles. The molecule has 1 aromatic carbocycles. The molecule has 3 N–H and O–H groups in total. The van der Waals surface area contributed by atoms with Crippen molar-refractivity contribution in [1.82, 2.24) is 14.8 Å². The second-order valence-corrected chi connectivity index (χ2v) is 10.4. The summed E-state index contributed by atoms with van der Waals surface area (Å²) in [5.74, 6) is -1.62. The smallest absolute Gasteiger partial charge is 0.326 e. The first-order valence-electron chi connectivity index (χ1n) is 12.5. The van der Waals surface area contributed by atoms with Crippen LogP contribution in [0.3, 0.4) is 0 Å². The topological polar surface area (TPSA) is 132 Å². The highest BCUT2D eigenvalue weighted by Crippen LogP contribution is 2.37. The number of likely N-dealkylation sites (tertiary alicyclic amines) is 1. The molecule has 202 valence electrons. The molecule has 0 radical (unpaired) electrons. The number of aromatic nitrogens is 1. The Morgan fingerprint density at radius 3 is 2.47 bits per heavy atom. The van der Waals surface area contributed by atoms with Crippen molar-refractivity contribution >= 4 is 35.2 Å². The number of hydrogen-bond acceptors (Lipinski definition) is 7. The summed E-state index contributed by atoms with van der Waals surface area (Å²) >= 11 is 6.07. The van der Waals surface area contributed by atoms with Gasteiger partial charge in [-0.1, -0.05) is 11.6 Å². The van der Waals surface area contributed by atoms with E-state index in [1.807, 2.05) is 4.90 Å². The van der Waals surface area contributed by atoms with Crippen LogP contribution in [0.25, 0.3) is 0 Å². The fraction of sp³-hybridized carbons (Fsp3) is 0.462. The summed E-state index contributed by atoms with van der Waals surface area (Å²) < 4.78 is 19.2. The molecule has 5 rings (SSSR count). The number of ether oxygens (including phenoxy) is 1. The first-order valence-corrected chi connectivity index (χ1v) is 12.9. The lowest BCUT2D eigenvalue weighted by Crippen LogP contribution is -2.51. The number of halogens is 2. The first kappa shape index (κ1) is 26.2. The number of aliphatic hydroxyl groups is 1. The molecule has 5 atom stereocenters. The number of carboxylic acids is 1. The Labute approximate surface area is 223 Å². The van der Waals surface area contributed by atoms with Gasteiger partial charge in [-0.15, -0.1) is 0 Å². The summed E-state index contributed by atoms with van der Waals surface area (Å²) in [5, 5.41) is 22.5. The normalized spacial score (nSPS) is 26.3. The average molecular weight is 547 g/mol. The van der Waals surface area contributed by atoms with E-state index in [2.05, 4.69) is 10.3 Å². The van der Waals surface area contributed by atoms with Gasteiger partial charge in [0.15, 0.2) is 0 Å². The summed E-state index contributed by atoms with van der Waals surface area (Å²) in [7, 11) is 0. The maximum atomic E-state index is 13.2. The van der Waals surface area contributed by atoms with Crippen LogP contribution in [-0.2, 0) is 9.59 Å². The molecule has 3 saturated heterocycles. The van der Waals surface area contributed by atoms with E-state index in [0.717, 1.165) is 17.7 Å². The molecule has 12 heteroatoms. The van der Waals surface area contributed by atoms with Crippen molar-refractivity contribution in [3.63, 3.8) is 0 Å². The highest BCUT2D eigenvalue weighted by Gasteiger charge is 2.44. The molecule has 0 aliphatic carbocycles. The highest BCUT2D eigenvalue weighted by molar-refractivity contribution is 6.31. The second-order valence-electron chi connectivity index (χ2n) is 9.96. The van der Waals surface area contributed by atoms with E-state index in [0.29, 0.717) is 18.6 Å². The molecule has 3 aliphatic rings. The van der Waals surface area contributed by atoms with Crippen molar-refractivity contribution in [1.29, 1.82) is 0 Å². The molecule has 3 fully saturated rings. The van der Waals surface area contributed by atoms with Gasteiger partial charge in [0, 0.05) is 44.1 Å². The number of fused-ring (bicyclic) bond motifs is 2. The minimum absolute atomic E-state index is 0.00944. The maximum Gasteiger partial charge on any atom is 0.326 e. The van der Waals surface area contributed by atoms with Gasteiger partial charge in [0.2, 0.25) is 5.91 Å². The zero-order valence-corrected chi connectivity index (χ0v) is 21.2. The Morgan fingerprint density at radius 1 is 1.13 bits per heavy atom. The minimum Gasteiger partial charge on any atom is -0.490 e. The number of carbonyl (C=O) groups excluding carboxylic acids is 2. The third kappa shape index (κ3) is 5.39. The predicted octanol–water partition coefficient (Wildman–Crippen LogP) is 2.55. The molecule has 38 heavy (non-hydrogen) atoms. The Morgan fingerprint density at radius 2 is 1.82 bits per heavy atom. The van der Waals surface area contributed by atoms with Crippen molar-refractivity contribution in [3.8, 4) is 5.75 Å². The van der Waals surface area contributed by atoms with Crippen LogP contribution >= 0.6 is 11.6 Å². The SMILES string of the molecule is O=C(O)[C@@H]1C[C@H](O)CN1C(=O)c1cc(Cl)cnc1NCC(=O)N1[C@@H]2CC[C@H]1CC(Oc1ccc(F)cc1)C2. The average Bonchev–Trinajstić information content (AvgIpc) is 3.41. The number of hydrogen-bond donors (Lipinski definition) is 3. The maximum absolute atomic E-state index is 13.2. The van der Waals surface area contributed by atoms with Gasteiger partial charge in [-0.2, -0.15) is 0 Å². The monoisotopic (exact) mass is 546 g/mol. The zero-order chi connectivity index (χ0) is 27.0. The third-order valence-electron chi connectivity index (χ3n) is 7.41. The summed E-state index contributed by atoms with van der Waals surface area (Å²) in [6, 6.07) is 6.12. The number of β-amino-alcohol motifs (C(OH)–C–C–N with tert-alkyl or cyclic N) is 1. The van der Waals surface area contributed by atoms with Gasteiger partial charge in [0.1, 0.15) is 29.5 Å². The van der Waals surface area contributed by atoms with Crippen molar-refractivity contribution in [2.75, 3.05) is 18.4 Å². The van der Waals surface area contributed by atoms with Crippen molar-refractivity contribution in [3.05, 3.63) is 52.9 Å². The van der Waals surface area contributed by atoms with Crippen molar-refractivity contribution < 1.29 is 33.7 Å². The van der Waals surface area contributed by atoms with E-state index in [9.17, 15) is 29.0 Å². The largest absolute Gasteiger partial charge is 0.490 e. The number of anilines is 1. The van der Waals surface area contributed by atoms with E-state index in [4.69, 9.17) is 16.3 Å². The third-order valence-corrected chi connectivity index (χ3v) is 7.62. The number of aliphatic carboxylic acids is 1. The van der Waals surface area contributed by atoms with Gasteiger partial charge < -0.3 is 30.1 Å². The number of aliphatic hydroxyl groups excluding tert-OH is 1. The molecule has 1 aromatic heterocycles. The van der Waals surface area contributed by atoms with E-state index in [-0.39, 0.29) is 65.8 Å². The van der Waals surface area contributed by atoms with Gasteiger partial charge in [-0.25, -0.2) is 14.2 Å². The van der Waals surface area contributed by atoms with E-state index < -0.39 is 24.0 Å². The number of rotatable bonds is 7. The van der Waals surface area contributed by atoms with Gasteiger partial charge >= 0.3 is 5.97 Å². The lowest BCUT2D eigenvalue weighted by atomic mass is 9.99. The van der Waals surface area contributed by atoms with Crippen LogP contribution in [-0.4, -0.2) is 86.2 Å². The van der Waals surface area contributed by atoms with Crippen LogP contribution in [0, 0.1) is 5.82 Å². The number of carboxylic acid groups (broad SMARTS) is 1. The van der Waals surface area contributed by atoms with E-state index in [1.54, 1.807) is 12.1 Å². The standard InChI is InChI=1S/C26H28ClFN4O6/c27-14-7-21(25(35)31-13-18(33)10-22(31)26(36)37)24(29-11-14)30-12-23(34)32-16-3-4-17(32)9-20(8-16)38-19-5-1-15(28)2-6-19/h1-2,5-7,11,16-18,20,22,33H,3-4,8-10,12-13H2,(H,29,30)(H,36,37)/t16-,17+,18-,20?,22-/m0/s1. The number of carbonyl (C=O) groups is 3. The predicted molar refractivity (Wildman–Crippen MR) is 135 cm³/mol. The van der Waals surface area contributed by atoms with Gasteiger partial charge in [0.05, 0.1) is 23.2 Å². The summed E-state index contributed by atoms with van der Waals surface area (Å²) in [5.41, 5.74) is 0.0278. The lowest BCUT2D eigenvalue weighted by molar-refractivity contribution is -0.141. The zero-order valence-electron chi connectivity index (χ0n) is 20.4. The molecule has 1 unspecified atom stereocenters. The quantitative estimate of drug-likeness (QED) is 0.483. The number of benzene rings is 1. The van der Waals surface area contributed by atoms with E-state index >= 15 is 0 Å². The molecule has 2 aromatic rings. The fourth-order valence-corrected chi connectivity index (χ4v) is 5.91. The van der Waals surface area contributed by atoms with Crippen LogP contribution in [0.4, 0.5) is 10.2 Å². The summed E-state index contributed by atoms with van der Waals surface area (Å²) in [6.07, 6.45) is 3.28. The molecule has 2 amide bonds. The molecule has 4 heterocycles. The van der Waals surface area contributed by atoms with Gasteiger partial charge in [-0.05, 0) is 43.2 Å². The van der Waals surface area contributed by atoms with Crippen LogP contribution in [0.2, 0.25) is 5.02 Å². The highest BCUT2D eigenvalue weighted by atomic mass is 35.5. The molecule has 0 spiro atoms. The minimum atomic E-state index is -1.21. The van der Waals surface area contributed by atoms with Crippen LogP contribution in [0.15, 0.2) is 36.5 Å². The Hall–Kier alpha value is -3.44. The number of nitrogens with one attached hydrogen (secondary N) is 1. The Balaban J connectivity index is 1.24. The number of pyridine rings is 1. The number of piperidine rings is 1. The van der Waals surface area contributed by atoms with Crippen LogP contribution in [0.5, 0.6) is 5.75 Å². The first-order chi connectivity index (χ1) is 18.2.